The highest BCUT2D eigenvalue weighted by molar-refractivity contribution is 5.78. The number of para-hydroxylation sites is 1. The second kappa shape index (κ2) is 5.39. The largest absolute Gasteiger partial charge is 0.384 e. The number of aliphatic hydroxyl groups excluding tert-OH is 1. The summed E-state index contributed by atoms with van der Waals surface area (Å²) in [7, 11) is 0. The minimum atomic E-state index is -0.662. The van der Waals surface area contributed by atoms with Gasteiger partial charge in [0.25, 0.3) is 0 Å². The molecule has 0 saturated heterocycles. The maximum absolute atomic E-state index is 10.6. The molecular formula is C17H16N2O. The summed E-state index contributed by atoms with van der Waals surface area (Å²) in [5.74, 6) is 0. The predicted octanol–water partition coefficient (Wildman–Crippen LogP) is 3.27. The number of nitrogens with zero attached hydrogens (tertiary/aromatic N) is 2. The van der Waals surface area contributed by atoms with Crippen molar-refractivity contribution in [3.05, 3.63) is 71.7 Å². The van der Waals surface area contributed by atoms with E-state index in [1.807, 2.05) is 42.6 Å². The number of aryl methyl sites for hydroxylation is 1. The molecule has 1 N–H and O–H groups in total. The summed E-state index contributed by atoms with van der Waals surface area (Å²) in [6.45, 7) is 2.06. The molecule has 0 spiro atoms. The van der Waals surface area contributed by atoms with Crippen LogP contribution in [0.15, 0.2) is 55.0 Å². The maximum atomic E-state index is 10.6. The first kappa shape index (κ1) is 12.8. The van der Waals surface area contributed by atoms with Gasteiger partial charge in [0, 0.05) is 29.5 Å². The molecule has 0 radical (unpaired) electrons. The lowest BCUT2D eigenvalue weighted by atomic mass is 9.97. The van der Waals surface area contributed by atoms with Crippen LogP contribution in [-0.2, 0) is 6.42 Å². The van der Waals surface area contributed by atoms with Crippen molar-refractivity contribution in [1.29, 1.82) is 0 Å². The molecule has 2 aromatic heterocycles. The maximum Gasteiger partial charge on any atom is 0.106 e. The van der Waals surface area contributed by atoms with Gasteiger partial charge in [-0.1, -0.05) is 25.1 Å². The Kier molecular flexibility index (Phi) is 3.44. The number of rotatable bonds is 3. The van der Waals surface area contributed by atoms with Gasteiger partial charge in [-0.3, -0.25) is 9.97 Å². The van der Waals surface area contributed by atoms with E-state index in [9.17, 15) is 5.11 Å². The molecule has 0 bridgehead atoms. The molecule has 20 heavy (non-hydrogen) atoms. The molecular weight excluding hydrogens is 248 g/mol. The van der Waals surface area contributed by atoms with Gasteiger partial charge < -0.3 is 5.11 Å². The van der Waals surface area contributed by atoms with E-state index in [-0.39, 0.29) is 0 Å². The lowest BCUT2D eigenvalue weighted by Crippen LogP contribution is -2.04. The minimum Gasteiger partial charge on any atom is -0.384 e. The third kappa shape index (κ3) is 2.28. The zero-order valence-electron chi connectivity index (χ0n) is 11.3. The summed E-state index contributed by atoms with van der Waals surface area (Å²) in [5.41, 5.74) is 3.71. The van der Waals surface area contributed by atoms with Crippen LogP contribution in [0.1, 0.15) is 29.7 Å². The van der Waals surface area contributed by atoms with Gasteiger partial charge in [0.2, 0.25) is 0 Å². The Morgan fingerprint density at radius 3 is 2.85 bits per heavy atom. The van der Waals surface area contributed by atoms with E-state index in [1.54, 1.807) is 12.4 Å². The molecule has 3 nitrogen and oxygen atoms in total. The van der Waals surface area contributed by atoms with Gasteiger partial charge in [0.1, 0.15) is 6.10 Å². The fourth-order valence-corrected chi connectivity index (χ4v) is 2.42. The zero-order valence-corrected chi connectivity index (χ0v) is 11.3. The van der Waals surface area contributed by atoms with Crippen LogP contribution in [0.25, 0.3) is 10.9 Å². The van der Waals surface area contributed by atoms with Crippen LogP contribution in [-0.4, -0.2) is 15.1 Å². The molecule has 0 aliphatic rings. The fourth-order valence-electron chi connectivity index (χ4n) is 2.42. The molecule has 0 fully saturated rings. The summed E-state index contributed by atoms with van der Waals surface area (Å²) < 4.78 is 0. The first-order valence-electron chi connectivity index (χ1n) is 6.75. The van der Waals surface area contributed by atoms with Crippen LogP contribution in [0, 0.1) is 0 Å². The first-order chi connectivity index (χ1) is 9.79. The molecule has 0 aliphatic heterocycles. The normalized spacial score (nSPS) is 12.5. The highest BCUT2D eigenvalue weighted by Gasteiger charge is 2.14. The van der Waals surface area contributed by atoms with E-state index < -0.39 is 6.10 Å². The smallest absolute Gasteiger partial charge is 0.106 e. The summed E-state index contributed by atoms with van der Waals surface area (Å²) in [6.07, 6.45) is 5.46. The van der Waals surface area contributed by atoms with Gasteiger partial charge >= 0.3 is 0 Å². The number of pyridine rings is 2. The van der Waals surface area contributed by atoms with Crippen molar-refractivity contribution in [2.45, 2.75) is 19.4 Å². The average Bonchev–Trinajstić information content (AvgIpc) is 2.53. The predicted molar refractivity (Wildman–Crippen MR) is 79.4 cm³/mol. The quantitative estimate of drug-likeness (QED) is 0.789. The fraction of sp³-hybridized carbons (Fsp3) is 0.176. The lowest BCUT2D eigenvalue weighted by molar-refractivity contribution is 0.219. The standard InChI is InChI=1S/C17H16N2O/c1-2-12-10-18-8-7-15(12)17(20)14-9-13-5-3-4-6-16(13)19-11-14/h3-11,17,20H,2H2,1H3. The molecule has 0 aliphatic carbocycles. The van der Waals surface area contributed by atoms with Crippen LogP contribution in [0.3, 0.4) is 0 Å². The van der Waals surface area contributed by atoms with Gasteiger partial charge in [0.05, 0.1) is 5.52 Å². The van der Waals surface area contributed by atoms with Crippen molar-refractivity contribution in [2.24, 2.45) is 0 Å². The van der Waals surface area contributed by atoms with Crippen LogP contribution in [0.2, 0.25) is 0 Å². The Morgan fingerprint density at radius 2 is 2.00 bits per heavy atom. The molecule has 2 heterocycles. The SMILES string of the molecule is CCc1cnccc1C(O)c1cnc2ccccc2c1. The van der Waals surface area contributed by atoms with Crippen molar-refractivity contribution in [3.63, 3.8) is 0 Å². The number of benzene rings is 1. The zero-order chi connectivity index (χ0) is 13.9. The van der Waals surface area contributed by atoms with Gasteiger partial charge in [-0.25, -0.2) is 0 Å². The molecule has 1 unspecified atom stereocenters. The van der Waals surface area contributed by atoms with E-state index in [1.165, 1.54) is 0 Å². The minimum absolute atomic E-state index is 0.662. The summed E-state index contributed by atoms with van der Waals surface area (Å²) in [4.78, 5) is 8.52. The van der Waals surface area contributed by atoms with Gasteiger partial charge in [-0.05, 0) is 35.7 Å². The van der Waals surface area contributed by atoms with Crippen LogP contribution >= 0.6 is 0 Å². The van der Waals surface area contributed by atoms with E-state index in [0.29, 0.717) is 0 Å². The number of aromatic nitrogens is 2. The molecule has 1 atom stereocenters. The molecule has 100 valence electrons. The Balaban J connectivity index is 2.05. The molecule has 3 rings (SSSR count). The lowest BCUT2D eigenvalue weighted by Gasteiger charge is -2.15. The van der Waals surface area contributed by atoms with E-state index >= 15 is 0 Å². The third-order valence-corrected chi connectivity index (χ3v) is 3.54. The topological polar surface area (TPSA) is 46.0 Å². The molecule has 1 aromatic carbocycles. The average molecular weight is 264 g/mol. The number of hydrogen-bond donors (Lipinski definition) is 1. The number of aliphatic hydroxyl groups is 1. The van der Waals surface area contributed by atoms with Crippen molar-refractivity contribution in [1.82, 2.24) is 9.97 Å². The van der Waals surface area contributed by atoms with Crippen molar-refractivity contribution in [3.8, 4) is 0 Å². The summed E-state index contributed by atoms with van der Waals surface area (Å²) >= 11 is 0. The van der Waals surface area contributed by atoms with Crippen molar-refractivity contribution < 1.29 is 5.11 Å². The second-order valence-electron chi connectivity index (χ2n) is 4.79. The summed E-state index contributed by atoms with van der Waals surface area (Å²) in [6, 6.07) is 11.8. The van der Waals surface area contributed by atoms with E-state index in [4.69, 9.17) is 0 Å². The van der Waals surface area contributed by atoms with E-state index in [2.05, 4.69) is 16.9 Å². The number of hydrogen-bond acceptors (Lipinski definition) is 3. The summed E-state index contributed by atoms with van der Waals surface area (Å²) in [5, 5.41) is 11.6. The Labute approximate surface area is 117 Å². The van der Waals surface area contributed by atoms with Crippen LogP contribution < -0.4 is 0 Å². The monoisotopic (exact) mass is 264 g/mol. The van der Waals surface area contributed by atoms with Crippen molar-refractivity contribution in [2.75, 3.05) is 0 Å². The van der Waals surface area contributed by atoms with E-state index in [0.717, 1.165) is 34.0 Å². The van der Waals surface area contributed by atoms with Crippen molar-refractivity contribution >= 4 is 10.9 Å². The van der Waals surface area contributed by atoms with Gasteiger partial charge in [-0.15, -0.1) is 0 Å². The first-order valence-corrected chi connectivity index (χ1v) is 6.75. The van der Waals surface area contributed by atoms with Crippen LogP contribution in [0.5, 0.6) is 0 Å². The Hall–Kier alpha value is -2.26. The molecule has 3 aromatic rings. The molecule has 3 heteroatoms. The van der Waals surface area contributed by atoms with Gasteiger partial charge in [0.15, 0.2) is 0 Å². The highest BCUT2D eigenvalue weighted by Crippen LogP contribution is 2.26. The van der Waals surface area contributed by atoms with Crippen LogP contribution in [0.4, 0.5) is 0 Å². The number of fused-ring (bicyclic) bond motifs is 1. The molecule has 0 saturated carbocycles. The molecule has 0 amide bonds. The Bertz CT molecular complexity index is 740. The Morgan fingerprint density at radius 1 is 1.15 bits per heavy atom. The highest BCUT2D eigenvalue weighted by atomic mass is 16.3. The second-order valence-corrected chi connectivity index (χ2v) is 4.79. The third-order valence-electron chi connectivity index (χ3n) is 3.54. The van der Waals surface area contributed by atoms with Gasteiger partial charge in [-0.2, -0.15) is 0 Å².